The molecule has 0 bridgehead atoms. The summed E-state index contributed by atoms with van der Waals surface area (Å²) in [4.78, 5) is 32.6. The van der Waals surface area contributed by atoms with E-state index in [9.17, 15) is 9.59 Å². The summed E-state index contributed by atoms with van der Waals surface area (Å²) in [5, 5.41) is 4.62. The Kier molecular flexibility index (Phi) is 4.39. The summed E-state index contributed by atoms with van der Waals surface area (Å²) in [5.41, 5.74) is 5.62. The third kappa shape index (κ3) is 3.18. The monoisotopic (exact) mass is 415 g/mol. The first-order valence-corrected chi connectivity index (χ1v) is 10.1. The van der Waals surface area contributed by atoms with Gasteiger partial charge in [0.15, 0.2) is 0 Å². The molecule has 0 unspecified atom stereocenters. The quantitative estimate of drug-likeness (QED) is 0.406. The zero-order valence-corrected chi connectivity index (χ0v) is 17.5. The lowest BCUT2D eigenvalue weighted by Crippen LogP contribution is -2.17. The van der Waals surface area contributed by atoms with Crippen LogP contribution in [0.15, 0.2) is 50.2 Å². The number of hydrogen-bond donors (Lipinski definition) is 2. The van der Waals surface area contributed by atoms with Gasteiger partial charge in [-0.25, -0.2) is 9.78 Å². The number of benzene rings is 2. The number of anilines is 1. The van der Waals surface area contributed by atoms with Gasteiger partial charge in [0.1, 0.15) is 11.2 Å². The molecule has 0 aliphatic heterocycles. The molecule has 31 heavy (non-hydrogen) atoms. The first-order chi connectivity index (χ1) is 14.9. The van der Waals surface area contributed by atoms with Gasteiger partial charge in [-0.1, -0.05) is 12.1 Å². The highest BCUT2D eigenvalue weighted by molar-refractivity contribution is 5.99. The molecule has 0 atom stereocenters. The van der Waals surface area contributed by atoms with E-state index in [1.54, 1.807) is 6.26 Å². The first kappa shape index (κ1) is 19.1. The van der Waals surface area contributed by atoms with Gasteiger partial charge in [-0.05, 0) is 56.5 Å². The molecule has 3 heterocycles. The van der Waals surface area contributed by atoms with Crippen LogP contribution >= 0.6 is 0 Å². The third-order valence-electron chi connectivity index (χ3n) is 5.78. The number of aromatic amines is 1. The molecule has 3 aromatic heterocycles. The van der Waals surface area contributed by atoms with E-state index in [0.717, 1.165) is 44.1 Å². The van der Waals surface area contributed by atoms with Crippen LogP contribution in [-0.4, -0.2) is 15.9 Å². The van der Waals surface area contributed by atoms with Gasteiger partial charge < -0.3 is 13.8 Å². The molecule has 156 valence electrons. The Morgan fingerprint density at radius 3 is 2.71 bits per heavy atom. The molecule has 0 saturated carbocycles. The molecule has 0 radical (unpaired) electrons. The van der Waals surface area contributed by atoms with Crippen molar-refractivity contribution in [3.05, 3.63) is 69.3 Å². The van der Waals surface area contributed by atoms with Gasteiger partial charge >= 0.3 is 5.63 Å². The molecule has 0 saturated heterocycles. The van der Waals surface area contributed by atoms with Crippen molar-refractivity contribution in [3.63, 3.8) is 0 Å². The lowest BCUT2D eigenvalue weighted by Gasteiger charge is -2.10. The standard InChI is InChI=1S/C24H21N3O4/c1-12-11-30-21-14(3)22-17(10-16(12)21)13(2)15(23(29)31-22)8-9-20(28)27-24-25-18-6-4-5-7-19(18)26-24/h4-7,10-11H,8-9H2,1-3H3,(H2,25,26,27,28). The number of para-hydroxylation sites is 2. The van der Waals surface area contributed by atoms with Crippen LogP contribution in [0.3, 0.4) is 0 Å². The lowest BCUT2D eigenvalue weighted by atomic mass is 9.98. The molecule has 7 heteroatoms. The lowest BCUT2D eigenvalue weighted by molar-refractivity contribution is -0.116. The predicted molar refractivity (Wildman–Crippen MR) is 120 cm³/mol. The zero-order valence-electron chi connectivity index (χ0n) is 17.5. The third-order valence-corrected chi connectivity index (χ3v) is 5.78. The van der Waals surface area contributed by atoms with Crippen LogP contribution in [0.1, 0.15) is 28.7 Å². The fourth-order valence-corrected chi connectivity index (χ4v) is 4.05. The number of aromatic nitrogens is 2. The summed E-state index contributed by atoms with van der Waals surface area (Å²) in [6.07, 6.45) is 2.12. The normalized spacial score (nSPS) is 11.6. The minimum atomic E-state index is -0.424. The largest absolute Gasteiger partial charge is 0.464 e. The van der Waals surface area contributed by atoms with Gasteiger partial charge in [0.2, 0.25) is 11.9 Å². The van der Waals surface area contributed by atoms with Gasteiger partial charge in [0.25, 0.3) is 0 Å². The van der Waals surface area contributed by atoms with Crippen molar-refractivity contribution < 1.29 is 13.6 Å². The van der Waals surface area contributed by atoms with Gasteiger partial charge in [0, 0.05) is 28.3 Å². The predicted octanol–water partition coefficient (Wildman–Crippen LogP) is 4.91. The van der Waals surface area contributed by atoms with Crippen LogP contribution in [0.4, 0.5) is 5.95 Å². The van der Waals surface area contributed by atoms with Gasteiger partial charge in [-0.2, -0.15) is 0 Å². The fourth-order valence-electron chi connectivity index (χ4n) is 4.05. The minimum absolute atomic E-state index is 0.139. The van der Waals surface area contributed by atoms with Crippen molar-refractivity contribution in [1.29, 1.82) is 0 Å². The number of H-pyrrole nitrogens is 1. The van der Waals surface area contributed by atoms with Crippen molar-refractivity contribution in [2.75, 3.05) is 5.32 Å². The second kappa shape index (κ2) is 7.12. The number of aryl methyl sites for hydroxylation is 3. The summed E-state index contributed by atoms with van der Waals surface area (Å²) >= 11 is 0. The highest BCUT2D eigenvalue weighted by Gasteiger charge is 2.18. The van der Waals surface area contributed by atoms with Crippen molar-refractivity contribution in [2.24, 2.45) is 0 Å². The van der Waals surface area contributed by atoms with Gasteiger partial charge in [-0.3, -0.25) is 10.1 Å². The number of carbonyl (C=O) groups excluding carboxylic acids is 1. The van der Waals surface area contributed by atoms with Crippen molar-refractivity contribution in [3.8, 4) is 0 Å². The molecule has 7 nitrogen and oxygen atoms in total. The molecule has 0 spiro atoms. The Bertz CT molecular complexity index is 1500. The molecule has 0 fully saturated rings. The highest BCUT2D eigenvalue weighted by Crippen LogP contribution is 2.32. The second-order valence-corrected chi connectivity index (χ2v) is 7.82. The van der Waals surface area contributed by atoms with E-state index in [1.807, 2.05) is 51.1 Å². The van der Waals surface area contributed by atoms with E-state index in [1.165, 1.54) is 0 Å². The molecule has 5 rings (SSSR count). The van der Waals surface area contributed by atoms with Crippen LogP contribution in [-0.2, 0) is 11.2 Å². The van der Waals surface area contributed by atoms with E-state index in [0.29, 0.717) is 17.1 Å². The van der Waals surface area contributed by atoms with Gasteiger partial charge in [0.05, 0.1) is 17.3 Å². The van der Waals surface area contributed by atoms with E-state index in [4.69, 9.17) is 8.83 Å². The molecule has 2 N–H and O–H groups in total. The summed E-state index contributed by atoms with van der Waals surface area (Å²) in [5.74, 6) is 0.164. The topological polar surface area (TPSA) is 101 Å². The highest BCUT2D eigenvalue weighted by atomic mass is 16.4. The smallest absolute Gasteiger partial charge is 0.339 e. The Morgan fingerprint density at radius 2 is 1.90 bits per heavy atom. The molecular formula is C24H21N3O4. The Balaban J connectivity index is 1.43. The molecular weight excluding hydrogens is 394 g/mol. The van der Waals surface area contributed by atoms with E-state index in [-0.39, 0.29) is 18.7 Å². The number of furan rings is 1. The van der Waals surface area contributed by atoms with E-state index < -0.39 is 5.63 Å². The van der Waals surface area contributed by atoms with Crippen LogP contribution in [0.2, 0.25) is 0 Å². The second-order valence-electron chi connectivity index (χ2n) is 7.82. The maximum Gasteiger partial charge on any atom is 0.339 e. The average Bonchev–Trinajstić information content (AvgIpc) is 3.32. The van der Waals surface area contributed by atoms with Crippen LogP contribution < -0.4 is 10.9 Å². The Morgan fingerprint density at radius 1 is 1.10 bits per heavy atom. The number of imidazole rings is 1. The van der Waals surface area contributed by atoms with Crippen LogP contribution in [0, 0.1) is 20.8 Å². The van der Waals surface area contributed by atoms with Crippen molar-refractivity contribution in [1.82, 2.24) is 9.97 Å². The Hall–Kier alpha value is -3.87. The summed E-state index contributed by atoms with van der Waals surface area (Å²) in [6, 6.07) is 9.53. The van der Waals surface area contributed by atoms with Crippen molar-refractivity contribution >= 4 is 44.8 Å². The van der Waals surface area contributed by atoms with E-state index >= 15 is 0 Å². The minimum Gasteiger partial charge on any atom is -0.464 e. The van der Waals surface area contributed by atoms with E-state index in [2.05, 4.69) is 15.3 Å². The SMILES string of the molecule is Cc1coc2c(C)c3oc(=O)c(CCC(=O)Nc4nc5ccccc5[nH]4)c(C)c3cc12. The first-order valence-electron chi connectivity index (χ1n) is 10.1. The summed E-state index contributed by atoms with van der Waals surface area (Å²) in [6.45, 7) is 5.76. The summed E-state index contributed by atoms with van der Waals surface area (Å²) in [7, 11) is 0. The maximum absolute atomic E-state index is 12.7. The number of nitrogens with one attached hydrogen (secondary N) is 2. The zero-order chi connectivity index (χ0) is 21.7. The molecule has 0 aliphatic rings. The molecule has 2 aromatic carbocycles. The molecule has 1 amide bonds. The number of rotatable bonds is 4. The van der Waals surface area contributed by atoms with Gasteiger partial charge in [-0.15, -0.1) is 0 Å². The number of fused-ring (bicyclic) bond motifs is 3. The number of nitrogens with zero attached hydrogens (tertiary/aromatic N) is 1. The molecule has 5 aromatic rings. The maximum atomic E-state index is 12.7. The summed E-state index contributed by atoms with van der Waals surface area (Å²) < 4.78 is 11.3. The molecule has 0 aliphatic carbocycles. The van der Waals surface area contributed by atoms with Crippen LogP contribution in [0.5, 0.6) is 0 Å². The number of hydrogen-bond acceptors (Lipinski definition) is 5. The fraction of sp³-hybridized carbons (Fsp3) is 0.208. The van der Waals surface area contributed by atoms with Crippen LogP contribution in [0.25, 0.3) is 33.0 Å². The number of amides is 1. The average molecular weight is 415 g/mol. The van der Waals surface area contributed by atoms with Crippen molar-refractivity contribution in [2.45, 2.75) is 33.6 Å². The Labute approximate surface area is 177 Å². The number of carbonyl (C=O) groups is 1.